The van der Waals surface area contributed by atoms with Gasteiger partial charge in [-0.1, -0.05) is 54.9 Å². The van der Waals surface area contributed by atoms with Crippen LogP contribution in [-0.4, -0.2) is 0 Å². The zero-order chi connectivity index (χ0) is 9.28. The third kappa shape index (κ3) is 1.98. The highest BCUT2D eigenvalue weighted by molar-refractivity contribution is 4.86. The molecular weight excluding hydrogens is 132 g/mol. The SMILES string of the molecule is CCC(C)(C)C(C)(C)C(C)C. The predicted octanol–water partition coefficient (Wildman–Crippen LogP) is 4.10. The molecule has 0 amide bonds. The van der Waals surface area contributed by atoms with Gasteiger partial charge in [-0.15, -0.1) is 0 Å². The first-order valence-corrected chi connectivity index (χ1v) is 4.75. The average Bonchev–Trinajstić information content (AvgIpc) is 1.87. The van der Waals surface area contributed by atoms with Crippen LogP contribution < -0.4 is 0 Å². The Balaban J connectivity index is 4.53. The molecule has 0 heteroatoms. The monoisotopic (exact) mass is 156 g/mol. The summed E-state index contributed by atoms with van der Waals surface area (Å²) in [6, 6.07) is 0. The quantitative estimate of drug-likeness (QED) is 0.577. The Morgan fingerprint density at radius 3 is 1.45 bits per heavy atom. The summed E-state index contributed by atoms with van der Waals surface area (Å²) in [5.41, 5.74) is 0.906. The minimum Gasteiger partial charge on any atom is -0.0649 e. The van der Waals surface area contributed by atoms with E-state index in [1.54, 1.807) is 0 Å². The fourth-order valence-electron chi connectivity index (χ4n) is 1.24. The summed E-state index contributed by atoms with van der Waals surface area (Å²) >= 11 is 0. The summed E-state index contributed by atoms with van der Waals surface area (Å²) < 4.78 is 0. The molecule has 0 bridgehead atoms. The second-order valence-electron chi connectivity index (χ2n) is 5.11. The van der Waals surface area contributed by atoms with Crippen LogP contribution >= 0.6 is 0 Å². The first kappa shape index (κ1) is 11.0. The van der Waals surface area contributed by atoms with Crippen molar-refractivity contribution in [3.8, 4) is 0 Å². The Kier molecular flexibility index (Phi) is 3.16. The van der Waals surface area contributed by atoms with Gasteiger partial charge in [0.25, 0.3) is 0 Å². The molecule has 0 unspecified atom stereocenters. The predicted molar refractivity (Wildman–Crippen MR) is 52.7 cm³/mol. The molecule has 0 nitrogen and oxygen atoms in total. The van der Waals surface area contributed by atoms with Crippen molar-refractivity contribution in [2.45, 2.75) is 54.9 Å². The Hall–Kier alpha value is 0. The first-order valence-electron chi connectivity index (χ1n) is 4.75. The topological polar surface area (TPSA) is 0 Å². The average molecular weight is 156 g/mol. The van der Waals surface area contributed by atoms with Crippen LogP contribution in [0.25, 0.3) is 0 Å². The maximum atomic E-state index is 2.38. The molecule has 0 aromatic heterocycles. The third-order valence-electron chi connectivity index (χ3n) is 4.07. The molecule has 0 atom stereocenters. The number of hydrogen-bond donors (Lipinski definition) is 0. The van der Waals surface area contributed by atoms with Crippen LogP contribution in [0.2, 0.25) is 0 Å². The fourth-order valence-corrected chi connectivity index (χ4v) is 1.24. The Morgan fingerprint density at radius 2 is 1.36 bits per heavy atom. The van der Waals surface area contributed by atoms with Crippen molar-refractivity contribution in [2.24, 2.45) is 16.7 Å². The molecule has 68 valence electrons. The van der Waals surface area contributed by atoms with E-state index in [4.69, 9.17) is 0 Å². The van der Waals surface area contributed by atoms with Gasteiger partial charge in [0, 0.05) is 0 Å². The molecule has 0 aliphatic rings. The van der Waals surface area contributed by atoms with Crippen molar-refractivity contribution in [3.05, 3.63) is 0 Å². The van der Waals surface area contributed by atoms with Gasteiger partial charge in [-0.05, 0) is 16.7 Å². The lowest BCUT2D eigenvalue weighted by Crippen LogP contribution is -2.36. The van der Waals surface area contributed by atoms with Crippen LogP contribution in [0.5, 0.6) is 0 Å². The van der Waals surface area contributed by atoms with Gasteiger partial charge in [0.2, 0.25) is 0 Å². The molecule has 0 saturated carbocycles. The van der Waals surface area contributed by atoms with E-state index in [0.717, 1.165) is 5.92 Å². The van der Waals surface area contributed by atoms with E-state index in [2.05, 4.69) is 48.5 Å². The molecule has 0 aliphatic heterocycles. The highest BCUT2D eigenvalue weighted by Crippen LogP contribution is 2.46. The van der Waals surface area contributed by atoms with Gasteiger partial charge in [-0.25, -0.2) is 0 Å². The highest BCUT2D eigenvalue weighted by Gasteiger charge is 2.37. The first-order chi connectivity index (χ1) is 4.75. The van der Waals surface area contributed by atoms with Crippen molar-refractivity contribution in [2.75, 3.05) is 0 Å². The lowest BCUT2D eigenvalue weighted by atomic mass is 9.61. The molecule has 0 fully saturated rings. The van der Waals surface area contributed by atoms with Gasteiger partial charge < -0.3 is 0 Å². The standard InChI is InChI=1S/C11H24/c1-8-10(4,5)11(6,7)9(2)3/h9H,8H2,1-7H3. The third-order valence-corrected chi connectivity index (χ3v) is 4.07. The largest absolute Gasteiger partial charge is 0.0649 e. The van der Waals surface area contributed by atoms with Crippen LogP contribution in [0.3, 0.4) is 0 Å². The molecule has 0 radical (unpaired) electrons. The van der Waals surface area contributed by atoms with Gasteiger partial charge in [-0.2, -0.15) is 0 Å². The normalized spacial score (nSPS) is 14.2. The van der Waals surface area contributed by atoms with Gasteiger partial charge in [0.15, 0.2) is 0 Å². The molecule has 0 aliphatic carbocycles. The van der Waals surface area contributed by atoms with E-state index in [-0.39, 0.29) is 0 Å². The van der Waals surface area contributed by atoms with Crippen LogP contribution in [0, 0.1) is 16.7 Å². The molecule has 0 N–H and O–H groups in total. The second-order valence-corrected chi connectivity index (χ2v) is 5.11. The van der Waals surface area contributed by atoms with E-state index < -0.39 is 0 Å². The van der Waals surface area contributed by atoms with Crippen molar-refractivity contribution in [1.82, 2.24) is 0 Å². The molecule has 0 rings (SSSR count). The summed E-state index contributed by atoms with van der Waals surface area (Å²) in [6.07, 6.45) is 1.26. The summed E-state index contributed by atoms with van der Waals surface area (Å²) in [4.78, 5) is 0. The van der Waals surface area contributed by atoms with E-state index >= 15 is 0 Å². The Bertz CT molecular complexity index is 118. The van der Waals surface area contributed by atoms with Crippen molar-refractivity contribution < 1.29 is 0 Å². The minimum absolute atomic E-state index is 0.446. The molecule has 0 saturated heterocycles. The molecule has 0 spiro atoms. The molecule has 0 aromatic rings. The molecule has 0 aromatic carbocycles. The van der Waals surface area contributed by atoms with Gasteiger partial charge >= 0.3 is 0 Å². The lowest BCUT2D eigenvalue weighted by molar-refractivity contribution is 0.0523. The van der Waals surface area contributed by atoms with E-state index in [1.165, 1.54) is 6.42 Å². The molecule has 0 heterocycles. The van der Waals surface area contributed by atoms with Crippen molar-refractivity contribution in [1.29, 1.82) is 0 Å². The summed E-state index contributed by atoms with van der Waals surface area (Å²) in [5, 5.41) is 0. The second kappa shape index (κ2) is 3.16. The van der Waals surface area contributed by atoms with Crippen LogP contribution in [0.4, 0.5) is 0 Å². The van der Waals surface area contributed by atoms with Crippen LogP contribution in [-0.2, 0) is 0 Å². The Labute approximate surface area is 72.4 Å². The number of rotatable bonds is 3. The fraction of sp³-hybridized carbons (Fsp3) is 1.00. The summed E-state index contributed by atoms with van der Waals surface area (Å²) in [6.45, 7) is 16.4. The van der Waals surface area contributed by atoms with Gasteiger partial charge in [0.05, 0.1) is 0 Å². The summed E-state index contributed by atoms with van der Waals surface area (Å²) in [7, 11) is 0. The zero-order valence-electron chi connectivity index (χ0n) is 9.28. The van der Waals surface area contributed by atoms with Crippen molar-refractivity contribution >= 4 is 0 Å². The molecular formula is C11H24. The van der Waals surface area contributed by atoms with Crippen LogP contribution in [0.15, 0.2) is 0 Å². The van der Waals surface area contributed by atoms with E-state index in [9.17, 15) is 0 Å². The summed E-state index contributed by atoms with van der Waals surface area (Å²) in [5.74, 6) is 0.762. The lowest BCUT2D eigenvalue weighted by Gasteiger charge is -2.44. The maximum Gasteiger partial charge on any atom is -0.0280 e. The Morgan fingerprint density at radius 1 is 1.00 bits per heavy atom. The maximum absolute atomic E-state index is 2.38. The van der Waals surface area contributed by atoms with Gasteiger partial charge in [0.1, 0.15) is 0 Å². The van der Waals surface area contributed by atoms with E-state index in [0.29, 0.717) is 10.8 Å². The molecule has 11 heavy (non-hydrogen) atoms. The van der Waals surface area contributed by atoms with E-state index in [1.807, 2.05) is 0 Å². The van der Waals surface area contributed by atoms with Crippen LogP contribution in [0.1, 0.15) is 54.9 Å². The highest BCUT2D eigenvalue weighted by atomic mass is 14.4. The minimum atomic E-state index is 0.446. The van der Waals surface area contributed by atoms with Crippen molar-refractivity contribution in [3.63, 3.8) is 0 Å². The number of hydrogen-bond acceptors (Lipinski definition) is 0. The zero-order valence-corrected chi connectivity index (χ0v) is 9.28. The van der Waals surface area contributed by atoms with Gasteiger partial charge in [-0.3, -0.25) is 0 Å². The smallest absolute Gasteiger partial charge is 0.0280 e.